The molecule has 4 aromatic carbocycles. The zero-order chi connectivity index (χ0) is 28.2. The van der Waals surface area contributed by atoms with Crippen molar-refractivity contribution in [1.29, 1.82) is 0 Å². The van der Waals surface area contributed by atoms with Crippen LogP contribution in [0, 0.1) is 0 Å². The SMILES string of the molecule is N[C@@H](Cc1ccccc1)C(=O)Nc1ccc(C(=O)NCCCc2ccccc2)cc1OCCc1ccc(O)cc1. The molecule has 4 aromatic rings. The normalized spacial score (nSPS) is 11.4. The number of nitrogens with one attached hydrogen (secondary N) is 2. The number of amides is 2. The molecule has 0 heterocycles. The molecule has 1 atom stereocenters. The van der Waals surface area contributed by atoms with Gasteiger partial charge in [-0.2, -0.15) is 0 Å². The van der Waals surface area contributed by atoms with Crippen molar-refractivity contribution >= 4 is 17.5 Å². The van der Waals surface area contributed by atoms with E-state index < -0.39 is 6.04 Å². The highest BCUT2D eigenvalue weighted by Crippen LogP contribution is 2.27. The maximum absolute atomic E-state index is 12.9. The second-order valence-corrected chi connectivity index (χ2v) is 9.61. The molecule has 40 heavy (non-hydrogen) atoms. The number of ether oxygens (including phenoxy) is 1. The van der Waals surface area contributed by atoms with E-state index in [1.807, 2.05) is 60.7 Å². The maximum atomic E-state index is 12.9. The first kappa shape index (κ1) is 28.4. The molecule has 0 aliphatic heterocycles. The number of carbonyl (C=O) groups is 2. The van der Waals surface area contributed by atoms with E-state index in [0.29, 0.717) is 43.0 Å². The van der Waals surface area contributed by atoms with Gasteiger partial charge < -0.3 is 26.2 Å². The van der Waals surface area contributed by atoms with Gasteiger partial charge in [0.2, 0.25) is 5.91 Å². The fourth-order valence-electron chi connectivity index (χ4n) is 4.26. The van der Waals surface area contributed by atoms with Crippen LogP contribution in [0.2, 0.25) is 0 Å². The Morgan fingerprint density at radius 1 is 0.800 bits per heavy atom. The lowest BCUT2D eigenvalue weighted by atomic mass is 10.1. The van der Waals surface area contributed by atoms with E-state index in [4.69, 9.17) is 10.5 Å². The van der Waals surface area contributed by atoms with Gasteiger partial charge in [-0.15, -0.1) is 0 Å². The Bertz CT molecular complexity index is 1380. The number of hydrogen-bond acceptors (Lipinski definition) is 5. The summed E-state index contributed by atoms with van der Waals surface area (Å²) in [5.41, 5.74) is 10.2. The van der Waals surface area contributed by atoms with E-state index in [9.17, 15) is 14.7 Å². The minimum Gasteiger partial charge on any atom is -0.508 e. The summed E-state index contributed by atoms with van der Waals surface area (Å²) in [6.07, 6.45) is 2.67. The van der Waals surface area contributed by atoms with Gasteiger partial charge in [-0.1, -0.05) is 72.8 Å². The Kier molecular flexibility index (Phi) is 10.3. The van der Waals surface area contributed by atoms with E-state index in [1.54, 1.807) is 30.3 Å². The second kappa shape index (κ2) is 14.5. The number of phenols is 1. The third-order valence-electron chi connectivity index (χ3n) is 6.49. The molecule has 0 unspecified atom stereocenters. The number of anilines is 1. The van der Waals surface area contributed by atoms with Gasteiger partial charge in [-0.05, 0) is 66.3 Å². The van der Waals surface area contributed by atoms with Gasteiger partial charge in [0.25, 0.3) is 5.91 Å². The fourth-order valence-corrected chi connectivity index (χ4v) is 4.26. The molecule has 0 fully saturated rings. The molecule has 4 rings (SSSR count). The molecular formula is C33H35N3O4. The number of nitrogens with two attached hydrogens (primary N) is 1. The van der Waals surface area contributed by atoms with Crippen molar-refractivity contribution in [3.63, 3.8) is 0 Å². The predicted octanol–water partition coefficient (Wildman–Crippen LogP) is 4.88. The van der Waals surface area contributed by atoms with Gasteiger partial charge in [0.1, 0.15) is 11.5 Å². The molecular weight excluding hydrogens is 502 g/mol. The molecule has 2 amide bonds. The van der Waals surface area contributed by atoms with Crippen LogP contribution in [0.1, 0.15) is 33.5 Å². The van der Waals surface area contributed by atoms with Crippen LogP contribution in [-0.4, -0.2) is 36.1 Å². The van der Waals surface area contributed by atoms with Gasteiger partial charge in [-0.25, -0.2) is 0 Å². The summed E-state index contributed by atoms with van der Waals surface area (Å²) < 4.78 is 6.05. The third kappa shape index (κ3) is 8.71. The third-order valence-corrected chi connectivity index (χ3v) is 6.49. The average molecular weight is 538 g/mol. The Morgan fingerprint density at radius 3 is 2.15 bits per heavy atom. The summed E-state index contributed by atoms with van der Waals surface area (Å²) in [6, 6.07) is 30.8. The quantitative estimate of drug-likeness (QED) is 0.182. The van der Waals surface area contributed by atoms with Crippen LogP contribution in [0.15, 0.2) is 103 Å². The number of benzene rings is 4. The van der Waals surface area contributed by atoms with Gasteiger partial charge in [0.15, 0.2) is 0 Å². The number of phenolic OH excluding ortho intramolecular Hbond substituents is 1. The predicted molar refractivity (Wildman–Crippen MR) is 158 cm³/mol. The minimum absolute atomic E-state index is 0.198. The number of aromatic hydroxyl groups is 1. The first-order chi connectivity index (χ1) is 19.5. The molecule has 5 N–H and O–H groups in total. The Labute approximate surface area is 235 Å². The van der Waals surface area contributed by atoms with Gasteiger partial charge in [-0.3, -0.25) is 9.59 Å². The van der Waals surface area contributed by atoms with Crippen LogP contribution < -0.4 is 21.1 Å². The maximum Gasteiger partial charge on any atom is 0.251 e. The van der Waals surface area contributed by atoms with E-state index in [-0.39, 0.29) is 17.6 Å². The molecule has 7 nitrogen and oxygen atoms in total. The lowest BCUT2D eigenvalue weighted by Crippen LogP contribution is -2.37. The fraction of sp³-hybridized carbons (Fsp3) is 0.212. The molecule has 0 saturated carbocycles. The molecule has 0 aliphatic carbocycles. The van der Waals surface area contributed by atoms with Crippen molar-refractivity contribution in [1.82, 2.24) is 5.32 Å². The van der Waals surface area contributed by atoms with Gasteiger partial charge >= 0.3 is 0 Å². The Balaban J connectivity index is 1.40. The molecule has 0 spiro atoms. The number of rotatable bonds is 13. The van der Waals surface area contributed by atoms with E-state index in [2.05, 4.69) is 22.8 Å². The first-order valence-corrected chi connectivity index (χ1v) is 13.4. The smallest absolute Gasteiger partial charge is 0.251 e. The van der Waals surface area contributed by atoms with Crippen molar-refractivity contribution in [2.75, 3.05) is 18.5 Å². The Hall–Kier alpha value is -4.62. The van der Waals surface area contributed by atoms with Crippen LogP contribution >= 0.6 is 0 Å². The first-order valence-electron chi connectivity index (χ1n) is 13.4. The molecule has 206 valence electrons. The molecule has 0 aliphatic rings. The lowest BCUT2D eigenvalue weighted by Gasteiger charge is -2.17. The van der Waals surface area contributed by atoms with Crippen molar-refractivity contribution in [3.05, 3.63) is 125 Å². The van der Waals surface area contributed by atoms with E-state index >= 15 is 0 Å². The summed E-state index contributed by atoms with van der Waals surface area (Å²) in [7, 11) is 0. The summed E-state index contributed by atoms with van der Waals surface area (Å²) in [5, 5.41) is 15.4. The zero-order valence-electron chi connectivity index (χ0n) is 22.4. The highest BCUT2D eigenvalue weighted by Gasteiger charge is 2.18. The highest BCUT2D eigenvalue weighted by atomic mass is 16.5. The summed E-state index contributed by atoms with van der Waals surface area (Å²) in [4.78, 5) is 25.8. The molecule has 0 aromatic heterocycles. The minimum atomic E-state index is -0.750. The zero-order valence-corrected chi connectivity index (χ0v) is 22.4. The molecule has 0 saturated heterocycles. The van der Waals surface area contributed by atoms with Crippen molar-refractivity contribution in [2.24, 2.45) is 5.73 Å². The van der Waals surface area contributed by atoms with E-state index in [0.717, 1.165) is 24.0 Å². The highest BCUT2D eigenvalue weighted by molar-refractivity contribution is 5.98. The Morgan fingerprint density at radius 2 is 1.45 bits per heavy atom. The van der Waals surface area contributed by atoms with E-state index in [1.165, 1.54) is 5.56 Å². The lowest BCUT2D eigenvalue weighted by molar-refractivity contribution is -0.117. The van der Waals surface area contributed by atoms with Crippen LogP contribution in [0.4, 0.5) is 5.69 Å². The van der Waals surface area contributed by atoms with Crippen LogP contribution in [0.3, 0.4) is 0 Å². The summed E-state index contributed by atoms with van der Waals surface area (Å²) in [5.74, 6) is 0.0282. The summed E-state index contributed by atoms with van der Waals surface area (Å²) >= 11 is 0. The summed E-state index contributed by atoms with van der Waals surface area (Å²) in [6.45, 7) is 0.851. The number of aryl methyl sites for hydroxylation is 1. The average Bonchev–Trinajstić information content (AvgIpc) is 2.98. The van der Waals surface area contributed by atoms with Gasteiger partial charge in [0, 0.05) is 18.5 Å². The topological polar surface area (TPSA) is 114 Å². The standard InChI is InChI=1S/C33H35N3O4/c34-29(22-26-10-5-2-6-11-26)33(39)36-30-18-15-27(32(38)35-20-7-12-24-8-3-1-4-9-24)23-31(30)40-21-19-25-13-16-28(37)17-14-25/h1-6,8-11,13-18,23,29,37H,7,12,19-22,34H2,(H,35,38)(H,36,39)/t29-/m0/s1. The largest absolute Gasteiger partial charge is 0.508 e. The van der Waals surface area contributed by atoms with Gasteiger partial charge in [0.05, 0.1) is 18.3 Å². The second-order valence-electron chi connectivity index (χ2n) is 9.61. The van der Waals surface area contributed by atoms with Crippen molar-refractivity contribution < 1.29 is 19.4 Å². The number of hydrogen-bond donors (Lipinski definition) is 4. The van der Waals surface area contributed by atoms with Crippen LogP contribution in [0.5, 0.6) is 11.5 Å². The molecule has 7 heteroatoms. The van der Waals surface area contributed by atoms with Crippen molar-refractivity contribution in [2.45, 2.75) is 31.7 Å². The number of carbonyl (C=O) groups excluding carboxylic acids is 2. The molecule has 0 radical (unpaired) electrons. The van der Waals surface area contributed by atoms with Crippen molar-refractivity contribution in [3.8, 4) is 11.5 Å². The monoisotopic (exact) mass is 537 g/mol. The van der Waals surface area contributed by atoms with Crippen LogP contribution in [0.25, 0.3) is 0 Å². The molecule has 0 bridgehead atoms. The van der Waals surface area contributed by atoms with Crippen LogP contribution in [-0.2, 0) is 24.1 Å².